The Kier molecular flexibility index (Phi) is 5.75. The van der Waals surface area contributed by atoms with Crippen LogP contribution in [0.5, 0.6) is 0 Å². The van der Waals surface area contributed by atoms with Crippen LogP contribution in [0.25, 0.3) is 0 Å². The Morgan fingerprint density at radius 1 is 1.24 bits per heavy atom. The quantitative estimate of drug-likeness (QED) is 0.855. The molecule has 1 unspecified atom stereocenters. The maximum atomic E-state index is 12.2. The molecule has 1 fully saturated rings. The second-order valence-electron chi connectivity index (χ2n) is 5.30. The summed E-state index contributed by atoms with van der Waals surface area (Å²) >= 11 is 0. The zero-order chi connectivity index (χ0) is 15.1. The Morgan fingerprint density at radius 2 is 2.00 bits per heavy atom. The highest BCUT2D eigenvalue weighted by atomic mass is 16.3. The molecule has 1 aromatic carbocycles. The third-order valence-electron chi connectivity index (χ3n) is 3.85. The van der Waals surface area contributed by atoms with Crippen molar-refractivity contribution in [2.75, 3.05) is 19.7 Å². The Morgan fingerprint density at radius 3 is 2.71 bits per heavy atom. The third kappa shape index (κ3) is 4.29. The Labute approximate surface area is 125 Å². The van der Waals surface area contributed by atoms with Crippen molar-refractivity contribution in [3.63, 3.8) is 0 Å². The van der Waals surface area contributed by atoms with Gasteiger partial charge in [0.15, 0.2) is 0 Å². The number of carbonyl (C=O) groups is 2. The maximum absolute atomic E-state index is 12.2. The van der Waals surface area contributed by atoms with Crippen LogP contribution >= 0.6 is 0 Å². The first-order valence-electron chi connectivity index (χ1n) is 7.46. The average Bonchev–Trinajstić information content (AvgIpc) is 2.54. The number of nitrogens with one attached hydrogen (secondary N) is 1. The van der Waals surface area contributed by atoms with Crippen molar-refractivity contribution in [3.05, 3.63) is 35.9 Å². The molecule has 0 saturated carbocycles. The number of amides is 2. The van der Waals surface area contributed by atoms with Crippen molar-refractivity contribution in [1.82, 2.24) is 10.2 Å². The van der Waals surface area contributed by atoms with Gasteiger partial charge in [-0.2, -0.15) is 0 Å². The number of hydrogen-bond acceptors (Lipinski definition) is 3. The molecule has 21 heavy (non-hydrogen) atoms. The number of aliphatic hydroxyl groups is 1. The van der Waals surface area contributed by atoms with Crippen molar-refractivity contribution in [3.8, 4) is 0 Å². The first-order chi connectivity index (χ1) is 10.2. The number of hydrogen-bond donors (Lipinski definition) is 2. The number of piperidine rings is 1. The first-order valence-corrected chi connectivity index (χ1v) is 7.46. The molecule has 0 bridgehead atoms. The molecule has 2 amide bonds. The summed E-state index contributed by atoms with van der Waals surface area (Å²) in [6.45, 7) is 0.811. The van der Waals surface area contributed by atoms with Crippen molar-refractivity contribution >= 4 is 11.8 Å². The minimum Gasteiger partial charge on any atom is -0.396 e. The lowest BCUT2D eigenvalue weighted by atomic mass is 9.99. The summed E-state index contributed by atoms with van der Waals surface area (Å²) in [5, 5.41) is 11.7. The van der Waals surface area contributed by atoms with E-state index in [1.807, 2.05) is 6.07 Å². The lowest BCUT2D eigenvalue weighted by Crippen LogP contribution is -2.48. The minimum atomic E-state index is -0.236. The van der Waals surface area contributed by atoms with E-state index in [2.05, 4.69) is 5.32 Å². The summed E-state index contributed by atoms with van der Waals surface area (Å²) in [5.41, 5.74) is 0.552. The lowest BCUT2D eigenvalue weighted by Gasteiger charge is -2.35. The van der Waals surface area contributed by atoms with E-state index in [9.17, 15) is 9.59 Å². The molecule has 1 atom stereocenters. The van der Waals surface area contributed by atoms with Gasteiger partial charge in [0.05, 0.1) is 6.54 Å². The number of rotatable bonds is 5. The van der Waals surface area contributed by atoms with Gasteiger partial charge in [-0.05, 0) is 37.8 Å². The molecule has 2 rings (SSSR count). The highest BCUT2D eigenvalue weighted by molar-refractivity contribution is 5.96. The molecule has 1 saturated heterocycles. The van der Waals surface area contributed by atoms with Crippen LogP contribution in [-0.2, 0) is 4.79 Å². The van der Waals surface area contributed by atoms with Crippen molar-refractivity contribution < 1.29 is 14.7 Å². The molecule has 114 valence electrons. The summed E-state index contributed by atoms with van der Waals surface area (Å²) in [5.74, 6) is -0.308. The Balaban J connectivity index is 1.87. The molecular weight excluding hydrogens is 268 g/mol. The fraction of sp³-hybridized carbons (Fsp3) is 0.500. The van der Waals surface area contributed by atoms with Crippen molar-refractivity contribution in [2.45, 2.75) is 31.7 Å². The number of benzene rings is 1. The van der Waals surface area contributed by atoms with Gasteiger partial charge in [-0.3, -0.25) is 9.59 Å². The fourth-order valence-corrected chi connectivity index (χ4v) is 2.73. The van der Waals surface area contributed by atoms with E-state index in [-0.39, 0.29) is 31.0 Å². The molecule has 0 spiro atoms. The lowest BCUT2D eigenvalue weighted by molar-refractivity contribution is -0.134. The van der Waals surface area contributed by atoms with Crippen LogP contribution in [0.3, 0.4) is 0 Å². The van der Waals surface area contributed by atoms with Gasteiger partial charge in [0.25, 0.3) is 5.91 Å². The highest BCUT2D eigenvalue weighted by Crippen LogP contribution is 2.19. The molecule has 1 aromatic rings. The molecule has 5 heteroatoms. The average molecular weight is 290 g/mol. The van der Waals surface area contributed by atoms with Gasteiger partial charge in [0.1, 0.15) is 0 Å². The van der Waals surface area contributed by atoms with Gasteiger partial charge in [-0.15, -0.1) is 0 Å². The van der Waals surface area contributed by atoms with Crippen LogP contribution in [-0.4, -0.2) is 47.6 Å². The minimum absolute atomic E-state index is 0.00958. The predicted molar refractivity (Wildman–Crippen MR) is 79.8 cm³/mol. The first kappa shape index (κ1) is 15.5. The zero-order valence-corrected chi connectivity index (χ0v) is 12.1. The summed E-state index contributed by atoms with van der Waals surface area (Å²) < 4.78 is 0. The number of carbonyl (C=O) groups excluding carboxylic acids is 2. The van der Waals surface area contributed by atoms with Crippen LogP contribution in [0.1, 0.15) is 36.0 Å². The fourth-order valence-electron chi connectivity index (χ4n) is 2.73. The third-order valence-corrected chi connectivity index (χ3v) is 3.85. The molecule has 0 radical (unpaired) electrons. The van der Waals surface area contributed by atoms with Crippen LogP contribution in [0.15, 0.2) is 30.3 Å². The van der Waals surface area contributed by atoms with E-state index in [0.29, 0.717) is 18.5 Å². The van der Waals surface area contributed by atoms with E-state index in [1.165, 1.54) is 0 Å². The number of aliphatic hydroxyl groups excluding tert-OH is 1. The molecule has 1 heterocycles. The summed E-state index contributed by atoms with van der Waals surface area (Å²) in [6.07, 6.45) is 3.61. The molecule has 0 aliphatic carbocycles. The standard InChI is InChI=1S/C16H22N2O3/c19-11-9-14-8-4-5-10-18(14)15(20)12-17-16(21)13-6-2-1-3-7-13/h1-3,6-7,14,19H,4-5,8-12H2,(H,17,21). The molecular formula is C16H22N2O3. The summed E-state index contributed by atoms with van der Waals surface area (Å²) in [6, 6.07) is 8.96. The SMILES string of the molecule is O=C(NCC(=O)N1CCCCC1CCO)c1ccccc1. The van der Waals surface area contributed by atoms with E-state index in [4.69, 9.17) is 5.11 Å². The van der Waals surface area contributed by atoms with E-state index < -0.39 is 0 Å². The highest BCUT2D eigenvalue weighted by Gasteiger charge is 2.26. The van der Waals surface area contributed by atoms with E-state index in [1.54, 1.807) is 29.2 Å². The van der Waals surface area contributed by atoms with Gasteiger partial charge in [-0.1, -0.05) is 18.2 Å². The van der Waals surface area contributed by atoms with Crippen LogP contribution in [0.2, 0.25) is 0 Å². The summed E-state index contributed by atoms with van der Waals surface area (Å²) in [7, 11) is 0. The van der Waals surface area contributed by atoms with Crippen LogP contribution in [0, 0.1) is 0 Å². The second-order valence-corrected chi connectivity index (χ2v) is 5.30. The normalized spacial score (nSPS) is 18.3. The van der Waals surface area contributed by atoms with E-state index >= 15 is 0 Å². The Hall–Kier alpha value is -1.88. The molecule has 1 aliphatic heterocycles. The topological polar surface area (TPSA) is 69.6 Å². The second kappa shape index (κ2) is 7.78. The Bertz CT molecular complexity index is 474. The monoisotopic (exact) mass is 290 g/mol. The molecule has 0 aromatic heterocycles. The largest absolute Gasteiger partial charge is 0.396 e. The van der Waals surface area contributed by atoms with Gasteiger partial charge in [-0.25, -0.2) is 0 Å². The van der Waals surface area contributed by atoms with E-state index in [0.717, 1.165) is 19.3 Å². The van der Waals surface area contributed by atoms with Gasteiger partial charge < -0.3 is 15.3 Å². The van der Waals surface area contributed by atoms with Crippen LogP contribution in [0.4, 0.5) is 0 Å². The predicted octanol–water partition coefficient (Wildman–Crippen LogP) is 1.18. The van der Waals surface area contributed by atoms with Crippen molar-refractivity contribution in [2.24, 2.45) is 0 Å². The summed E-state index contributed by atoms with van der Waals surface area (Å²) in [4.78, 5) is 26.0. The molecule has 5 nitrogen and oxygen atoms in total. The number of likely N-dealkylation sites (tertiary alicyclic amines) is 1. The van der Waals surface area contributed by atoms with Gasteiger partial charge in [0, 0.05) is 24.8 Å². The smallest absolute Gasteiger partial charge is 0.251 e. The number of nitrogens with zero attached hydrogens (tertiary/aromatic N) is 1. The van der Waals surface area contributed by atoms with Gasteiger partial charge >= 0.3 is 0 Å². The molecule has 2 N–H and O–H groups in total. The zero-order valence-electron chi connectivity index (χ0n) is 12.1. The van der Waals surface area contributed by atoms with Gasteiger partial charge in [0.2, 0.25) is 5.91 Å². The van der Waals surface area contributed by atoms with Crippen LogP contribution < -0.4 is 5.32 Å². The van der Waals surface area contributed by atoms with Crippen molar-refractivity contribution in [1.29, 1.82) is 0 Å². The maximum Gasteiger partial charge on any atom is 0.251 e. The molecule has 1 aliphatic rings.